The molecular weight excluding hydrogens is 244 g/mol. The Morgan fingerprint density at radius 3 is 2.68 bits per heavy atom. The van der Waals surface area contributed by atoms with Gasteiger partial charge in [0.1, 0.15) is 6.10 Å². The first-order valence-corrected chi connectivity index (χ1v) is 6.08. The maximum absolute atomic E-state index is 11.0. The summed E-state index contributed by atoms with van der Waals surface area (Å²) in [5.74, 6) is -1.21. The van der Waals surface area contributed by atoms with Crippen LogP contribution in [0.3, 0.4) is 0 Å². The van der Waals surface area contributed by atoms with Gasteiger partial charge in [0.2, 0.25) is 0 Å². The van der Waals surface area contributed by atoms with E-state index >= 15 is 0 Å². The lowest BCUT2D eigenvalue weighted by Gasteiger charge is -2.17. The number of hydrogen-bond acceptors (Lipinski definition) is 3. The lowest BCUT2D eigenvalue weighted by molar-refractivity contribution is -0.146. The number of ether oxygens (including phenoxy) is 1. The fourth-order valence-corrected chi connectivity index (χ4v) is 1.92. The second kappa shape index (κ2) is 6.73. The maximum Gasteiger partial charge on any atom is 0.303 e. The van der Waals surface area contributed by atoms with E-state index in [0.29, 0.717) is 6.42 Å². The Morgan fingerprint density at radius 2 is 2.16 bits per heavy atom. The molecule has 0 bridgehead atoms. The lowest BCUT2D eigenvalue weighted by atomic mass is 9.96. The van der Waals surface area contributed by atoms with Crippen LogP contribution in [-0.4, -0.2) is 17.0 Å². The number of carboxylic acids is 1. The average Bonchev–Trinajstić information content (AvgIpc) is 2.35. The minimum Gasteiger partial charge on any atom is -0.481 e. The van der Waals surface area contributed by atoms with Crippen molar-refractivity contribution in [3.8, 4) is 0 Å². The summed E-state index contributed by atoms with van der Waals surface area (Å²) in [6.45, 7) is 6.81. The van der Waals surface area contributed by atoms with Gasteiger partial charge in [-0.2, -0.15) is 0 Å². The van der Waals surface area contributed by atoms with Crippen molar-refractivity contribution in [3.05, 3.63) is 41.5 Å². The first-order valence-electron chi connectivity index (χ1n) is 6.08. The number of aliphatic carboxylic acids is 1. The molecule has 0 amide bonds. The monoisotopic (exact) mass is 262 g/mol. The van der Waals surface area contributed by atoms with Gasteiger partial charge in [-0.1, -0.05) is 30.9 Å². The Kier molecular flexibility index (Phi) is 5.30. The highest BCUT2D eigenvalue weighted by Crippen LogP contribution is 2.24. The molecule has 4 nitrogen and oxygen atoms in total. The zero-order valence-electron chi connectivity index (χ0n) is 11.2. The predicted molar refractivity (Wildman–Crippen MR) is 72.7 cm³/mol. The SMILES string of the molecule is C=Cc1ccc(C(C)OC(C)=O)c(CCC(=O)O)c1. The van der Waals surface area contributed by atoms with Crippen molar-refractivity contribution >= 4 is 18.0 Å². The standard InChI is InChI=1S/C15H18O4/c1-4-12-5-7-14(10(2)19-11(3)16)13(9-12)6-8-15(17)18/h4-5,7,9-10H,1,6,8H2,2-3H3,(H,17,18). The van der Waals surface area contributed by atoms with Crippen molar-refractivity contribution in [2.24, 2.45) is 0 Å². The van der Waals surface area contributed by atoms with Crippen molar-refractivity contribution in [3.63, 3.8) is 0 Å². The van der Waals surface area contributed by atoms with E-state index in [0.717, 1.165) is 16.7 Å². The summed E-state index contributed by atoms with van der Waals surface area (Å²) in [6.07, 6.45) is 1.75. The van der Waals surface area contributed by atoms with Gasteiger partial charge in [0.25, 0.3) is 0 Å². The zero-order chi connectivity index (χ0) is 14.4. The number of carbonyl (C=O) groups excluding carboxylic acids is 1. The Morgan fingerprint density at radius 1 is 1.47 bits per heavy atom. The molecule has 0 radical (unpaired) electrons. The Hall–Kier alpha value is -2.10. The molecule has 0 fully saturated rings. The molecule has 1 aromatic rings. The van der Waals surface area contributed by atoms with Crippen molar-refractivity contribution in [1.29, 1.82) is 0 Å². The van der Waals surface area contributed by atoms with Gasteiger partial charge in [-0.25, -0.2) is 0 Å². The summed E-state index contributed by atoms with van der Waals surface area (Å²) in [5.41, 5.74) is 2.62. The molecule has 0 saturated heterocycles. The minimum atomic E-state index is -0.852. The van der Waals surface area contributed by atoms with Crippen molar-refractivity contribution in [1.82, 2.24) is 0 Å². The predicted octanol–water partition coefficient (Wildman–Crippen LogP) is 2.97. The van der Waals surface area contributed by atoms with Crippen LogP contribution in [0.1, 0.15) is 43.1 Å². The summed E-state index contributed by atoms with van der Waals surface area (Å²) in [7, 11) is 0. The second-order valence-corrected chi connectivity index (χ2v) is 4.31. The number of benzene rings is 1. The number of carboxylic acid groups (broad SMARTS) is 1. The van der Waals surface area contributed by atoms with Crippen LogP contribution < -0.4 is 0 Å². The van der Waals surface area contributed by atoms with Crippen LogP contribution in [0.15, 0.2) is 24.8 Å². The molecule has 0 aliphatic heterocycles. The second-order valence-electron chi connectivity index (χ2n) is 4.31. The number of hydrogen-bond donors (Lipinski definition) is 1. The first kappa shape index (κ1) is 15.0. The first-order chi connectivity index (χ1) is 8.93. The van der Waals surface area contributed by atoms with E-state index in [1.54, 1.807) is 13.0 Å². The van der Waals surface area contributed by atoms with E-state index in [4.69, 9.17) is 9.84 Å². The lowest BCUT2D eigenvalue weighted by Crippen LogP contribution is -2.09. The molecule has 0 heterocycles. The summed E-state index contributed by atoms with van der Waals surface area (Å²) in [5, 5.41) is 8.77. The Bertz CT molecular complexity index is 491. The van der Waals surface area contributed by atoms with Crippen LogP contribution in [0.25, 0.3) is 6.08 Å². The van der Waals surface area contributed by atoms with Crippen LogP contribution in [0.5, 0.6) is 0 Å². The maximum atomic E-state index is 11.0. The van der Waals surface area contributed by atoms with Gasteiger partial charge in [-0.3, -0.25) is 9.59 Å². The van der Waals surface area contributed by atoms with Crippen LogP contribution in [0.2, 0.25) is 0 Å². The summed E-state index contributed by atoms with van der Waals surface area (Å²) >= 11 is 0. The molecular formula is C15H18O4. The molecule has 1 rings (SSSR count). The molecule has 1 N–H and O–H groups in total. The van der Waals surface area contributed by atoms with E-state index in [1.807, 2.05) is 18.2 Å². The van der Waals surface area contributed by atoms with Crippen molar-refractivity contribution < 1.29 is 19.4 Å². The fourth-order valence-electron chi connectivity index (χ4n) is 1.92. The summed E-state index contributed by atoms with van der Waals surface area (Å²) < 4.78 is 5.15. The van der Waals surface area contributed by atoms with Gasteiger partial charge in [0.15, 0.2) is 0 Å². The van der Waals surface area contributed by atoms with Crippen LogP contribution in [-0.2, 0) is 20.7 Å². The number of carbonyl (C=O) groups is 2. The van der Waals surface area contributed by atoms with Gasteiger partial charge in [-0.05, 0) is 30.0 Å². The minimum absolute atomic E-state index is 0.0421. The summed E-state index contributed by atoms with van der Waals surface area (Å²) in [4.78, 5) is 21.7. The quantitative estimate of drug-likeness (QED) is 0.800. The Balaban J connectivity index is 3.03. The third-order valence-corrected chi connectivity index (χ3v) is 2.79. The zero-order valence-corrected chi connectivity index (χ0v) is 11.2. The summed E-state index contributed by atoms with van der Waals surface area (Å²) in [6, 6.07) is 5.60. The van der Waals surface area contributed by atoms with Gasteiger partial charge in [0, 0.05) is 13.3 Å². The Labute approximate surface area is 112 Å². The molecule has 102 valence electrons. The molecule has 0 saturated carbocycles. The normalized spacial score (nSPS) is 11.7. The third-order valence-electron chi connectivity index (χ3n) is 2.79. The molecule has 0 aliphatic rings. The van der Waals surface area contributed by atoms with E-state index in [-0.39, 0.29) is 18.5 Å². The third kappa shape index (κ3) is 4.58. The van der Waals surface area contributed by atoms with Crippen molar-refractivity contribution in [2.45, 2.75) is 32.8 Å². The number of rotatable bonds is 6. The van der Waals surface area contributed by atoms with E-state index in [2.05, 4.69) is 6.58 Å². The average molecular weight is 262 g/mol. The molecule has 19 heavy (non-hydrogen) atoms. The molecule has 1 unspecified atom stereocenters. The molecule has 1 aromatic carbocycles. The van der Waals surface area contributed by atoms with E-state index in [1.165, 1.54) is 6.92 Å². The highest BCUT2D eigenvalue weighted by Gasteiger charge is 2.14. The molecule has 1 atom stereocenters. The largest absolute Gasteiger partial charge is 0.481 e. The van der Waals surface area contributed by atoms with Gasteiger partial charge in [0.05, 0.1) is 0 Å². The highest BCUT2D eigenvalue weighted by atomic mass is 16.5. The smallest absolute Gasteiger partial charge is 0.303 e. The molecule has 0 aromatic heterocycles. The van der Waals surface area contributed by atoms with Crippen LogP contribution in [0, 0.1) is 0 Å². The van der Waals surface area contributed by atoms with E-state index in [9.17, 15) is 9.59 Å². The van der Waals surface area contributed by atoms with Crippen molar-refractivity contribution in [2.75, 3.05) is 0 Å². The molecule has 0 aliphatic carbocycles. The molecule has 4 heteroatoms. The van der Waals surface area contributed by atoms with E-state index < -0.39 is 5.97 Å². The van der Waals surface area contributed by atoms with Crippen LogP contribution in [0.4, 0.5) is 0 Å². The topological polar surface area (TPSA) is 63.6 Å². The number of esters is 1. The number of aryl methyl sites for hydroxylation is 1. The van der Waals surface area contributed by atoms with Gasteiger partial charge >= 0.3 is 11.9 Å². The molecule has 0 spiro atoms. The highest BCUT2D eigenvalue weighted by molar-refractivity contribution is 5.68. The van der Waals surface area contributed by atoms with Gasteiger partial charge in [-0.15, -0.1) is 0 Å². The fraction of sp³-hybridized carbons (Fsp3) is 0.333. The van der Waals surface area contributed by atoms with Gasteiger partial charge < -0.3 is 9.84 Å². The van der Waals surface area contributed by atoms with Crippen LogP contribution >= 0.6 is 0 Å².